The highest BCUT2D eigenvalue weighted by atomic mass is 16.6. The lowest BCUT2D eigenvalue weighted by Crippen LogP contribution is -2.33. The molecule has 1 aliphatic rings. The molecule has 0 bridgehead atoms. The van der Waals surface area contributed by atoms with Gasteiger partial charge in [0, 0.05) is 0 Å². The van der Waals surface area contributed by atoms with Gasteiger partial charge in [-0.05, 0) is 24.3 Å². The molecular weight excluding hydrogens is 494 g/mol. The number of rotatable bonds is 22. The topological polar surface area (TPSA) is 102 Å². The van der Waals surface area contributed by atoms with Crippen molar-refractivity contribution >= 4 is 11.8 Å². The second kappa shape index (κ2) is 18.4. The van der Waals surface area contributed by atoms with Gasteiger partial charge in [0.2, 0.25) is 0 Å². The monoisotopic (exact) mass is 531 g/mol. The Bertz CT molecular complexity index is 906. The fourth-order valence-corrected chi connectivity index (χ4v) is 3.53. The van der Waals surface area contributed by atoms with Gasteiger partial charge in [-0.25, -0.2) is 0 Å². The van der Waals surface area contributed by atoms with Crippen LogP contribution in [0.2, 0.25) is 0 Å². The summed E-state index contributed by atoms with van der Waals surface area (Å²) in [5.74, 6) is 0.290. The Morgan fingerprint density at radius 1 is 0.447 bits per heavy atom. The molecule has 0 fully saturated rings. The summed E-state index contributed by atoms with van der Waals surface area (Å²) < 4.78 is 38.3. The molecule has 38 heavy (non-hydrogen) atoms. The standard InChI is InChI=1S/C28H37NO9/c30-27-25-8-4-5-9-26(25)28(31)29(27)10-11-32-12-13-33-14-15-34-16-17-35-18-19-36-20-21-37-22-23-38-24-6-2-1-3-7-24/h1-9H,10-23H2. The summed E-state index contributed by atoms with van der Waals surface area (Å²) in [6.07, 6.45) is 0. The molecule has 0 radical (unpaired) electrons. The van der Waals surface area contributed by atoms with E-state index in [0.29, 0.717) is 90.4 Å². The number of hydrogen-bond acceptors (Lipinski definition) is 9. The Morgan fingerprint density at radius 3 is 1.26 bits per heavy atom. The summed E-state index contributed by atoms with van der Waals surface area (Å²) in [6.45, 7) is 6.17. The van der Waals surface area contributed by atoms with E-state index in [1.165, 1.54) is 4.90 Å². The average molecular weight is 532 g/mol. The number of carbonyl (C=O) groups is 2. The fraction of sp³-hybridized carbons (Fsp3) is 0.500. The van der Waals surface area contributed by atoms with Gasteiger partial charge in [0.15, 0.2) is 0 Å². The number of ether oxygens (including phenoxy) is 7. The quantitative estimate of drug-likeness (QED) is 0.167. The second-order valence-electron chi connectivity index (χ2n) is 8.14. The highest BCUT2D eigenvalue weighted by Gasteiger charge is 2.34. The number of para-hydroxylation sites is 1. The van der Waals surface area contributed by atoms with Crippen LogP contribution in [0.5, 0.6) is 5.75 Å². The number of hydrogen-bond donors (Lipinski definition) is 0. The van der Waals surface area contributed by atoms with Gasteiger partial charge in [-0.1, -0.05) is 30.3 Å². The molecule has 2 aromatic carbocycles. The van der Waals surface area contributed by atoms with Gasteiger partial charge >= 0.3 is 0 Å². The lowest BCUT2D eigenvalue weighted by Gasteiger charge is -2.13. The summed E-state index contributed by atoms with van der Waals surface area (Å²) >= 11 is 0. The zero-order valence-corrected chi connectivity index (χ0v) is 21.7. The Hall–Kier alpha value is -2.86. The van der Waals surface area contributed by atoms with E-state index in [1.54, 1.807) is 24.3 Å². The molecule has 10 nitrogen and oxygen atoms in total. The lowest BCUT2D eigenvalue weighted by atomic mass is 10.1. The van der Waals surface area contributed by atoms with Crippen LogP contribution in [0.25, 0.3) is 0 Å². The fourth-order valence-electron chi connectivity index (χ4n) is 3.53. The van der Waals surface area contributed by atoms with Crippen molar-refractivity contribution in [3.63, 3.8) is 0 Å². The van der Waals surface area contributed by atoms with Gasteiger partial charge in [-0.15, -0.1) is 0 Å². The minimum Gasteiger partial charge on any atom is -0.491 e. The van der Waals surface area contributed by atoms with Gasteiger partial charge in [0.1, 0.15) is 12.4 Å². The second-order valence-corrected chi connectivity index (χ2v) is 8.14. The summed E-state index contributed by atoms with van der Waals surface area (Å²) in [5.41, 5.74) is 0.893. The number of nitrogens with zero attached hydrogens (tertiary/aromatic N) is 1. The van der Waals surface area contributed by atoms with Crippen LogP contribution in [0.3, 0.4) is 0 Å². The van der Waals surface area contributed by atoms with E-state index >= 15 is 0 Å². The molecule has 10 heteroatoms. The summed E-state index contributed by atoms with van der Waals surface area (Å²) in [7, 11) is 0. The minimum atomic E-state index is -0.273. The van der Waals surface area contributed by atoms with Crippen molar-refractivity contribution in [1.29, 1.82) is 0 Å². The Labute approximate surface area is 223 Å². The van der Waals surface area contributed by atoms with Gasteiger partial charge in [0.05, 0.1) is 97.0 Å². The molecule has 208 valence electrons. The van der Waals surface area contributed by atoms with Crippen LogP contribution in [0.4, 0.5) is 0 Å². The van der Waals surface area contributed by atoms with Gasteiger partial charge in [0.25, 0.3) is 11.8 Å². The molecular formula is C28H37NO9. The SMILES string of the molecule is O=C1c2ccccc2C(=O)N1CCOCCOCCOCCOCCOCCOCCOc1ccccc1. The van der Waals surface area contributed by atoms with Gasteiger partial charge in [-0.2, -0.15) is 0 Å². The zero-order valence-electron chi connectivity index (χ0n) is 21.7. The van der Waals surface area contributed by atoms with Crippen LogP contribution in [-0.2, 0) is 28.4 Å². The molecule has 0 aromatic heterocycles. The van der Waals surface area contributed by atoms with Crippen molar-refractivity contribution in [2.24, 2.45) is 0 Å². The predicted molar refractivity (Wildman–Crippen MR) is 139 cm³/mol. The van der Waals surface area contributed by atoms with Crippen molar-refractivity contribution < 1.29 is 42.7 Å². The first-order valence-corrected chi connectivity index (χ1v) is 12.9. The lowest BCUT2D eigenvalue weighted by molar-refractivity contribution is -0.0182. The first-order chi connectivity index (χ1) is 18.8. The first kappa shape index (κ1) is 29.7. The Kier molecular flexibility index (Phi) is 14.4. The molecule has 0 saturated carbocycles. The molecule has 0 saturated heterocycles. The number of imide groups is 1. The number of benzene rings is 2. The Morgan fingerprint density at radius 2 is 0.816 bits per heavy atom. The number of amides is 2. The van der Waals surface area contributed by atoms with E-state index in [4.69, 9.17) is 33.2 Å². The van der Waals surface area contributed by atoms with Crippen LogP contribution < -0.4 is 4.74 Å². The van der Waals surface area contributed by atoms with Gasteiger partial charge in [-0.3, -0.25) is 14.5 Å². The summed E-state index contributed by atoms with van der Waals surface area (Å²) in [5, 5.41) is 0. The molecule has 2 amide bonds. The maximum Gasteiger partial charge on any atom is 0.261 e. The van der Waals surface area contributed by atoms with E-state index in [2.05, 4.69) is 0 Å². The van der Waals surface area contributed by atoms with Crippen LogP contribution in [0.1, 0.15) is 20.7 Å². The third kappa shape index (κ3) is 10.9. The molecule has 2 aromatic rings. The molecule has 3 rings (SSSR count). The molecule has 0 spiro atoms. The maximum atomic E-state index is 12.3. The highest BCUT2D eigenvalue weighted by Crippen LogP contribution is 2.21. The number of fused-ring (bicyclic) bond motifs is 1. The normalized spacial score (nSPS) is 12.8. The first-order valence-electron chi connectivity index (χ1n) is 12.9. The smallest absolute Gasteiger partial charge is 0.261 e. The summed E-state index contributed by atoms with van der Waals surface area (Å²) in [6, 6.07) is 16.5. The summed E-state index contributed by atoms with van der Waals surface area (Å²) in [4.78, 5) is 25.7. The molecule has 0 N–H and O–H groups in total. The Balaban J connectivity index is 1.00. The van der Waals surface area contributed by atoms with Crippen molar-refractivity contribution in [2.75, 3.05) is 92.4 Å². The molecule has 0 aliphatic carbocycles. The van der Waals surface area contributed by atoms with Crippen LogP contribution in [0, 0.1) is 0 Å². The number of carbonyl (C=O) groups excluding carboxylic acids is 2. The van der Waals surface area contributed by atoms with E-state index in [1.807, 2.05) is 30.3 Å². The highest BCUT2D eigenvalue weighted by molar-refractivity contribution is 6.21. The van der Waals surface area contributed by atoms with Crippen LogP contribution >= 0.6 is 0 Å². The van der Waals surface area contributed by atoms with Crippen LogP contribution in [0.15, 0.2) is 54.6 Å². The van der Waals surface area contributed by atoms with Crippen molar-refractivity contribution in [3.8, 4) is 5.75 Å². The predicted octanol–water partition coefficient (Wildman–Crippen LogP) is 2.46. The van der Waals surface area contributed by atoms with Gasteiger partial charge < -0.3 is 33.2 Å². The van der Waals surface area contributed by atoms with E-state index in [0.717, 1.165) is 5.75 Å². The maximum absolute atomic E-state index is 12.3. The third-order valence-corrected chi connectivity index (χ3v) is 5.44. The average Bonchev–Trinajstić information content (AvgIpc) is 3.19. The van der Waals surface area contributed by atoms with E-state index < -0.39 is 0 Å². The minimum absolute atomic E-state index is 0.221. The largest absolute Gasteiger partial charge is 0.491 e. The molecule has 1 heterocycles. The zero-order chi connectivity index (χ0) is 26.7. The van der Waals surface area contributed by atoms with Crippen molar-refractivity contribution in [1.82, 2.24) is 4.90 Å². The molecule has 0 unspecified atom stereocenters. The van der Waals surface area contributed by atoms with Crippen molar-refractivity contribution in [3.05, 3.63) is 65.7 Å². The third-order valence-electron chi connectivity index (χ3n) is 5.44. The van der Waals surface area contributed by atoms with Crippen molar-refractivity contribution in [2.45, 2.75) is 0 Å². The molecule has 0 atom stereocenters. The van der Waals surface area contributed by atoms with E-state index in [9.17, 15) is 9.59 Å². The van der Waals surface area contributed by atoms with Crippen LogP contribution in [-0.4, -0.2) is 109 Å². The molecule has 1 aliphatic heterocycles. The van der Waals surface area contributed by atoms with E-state index in [-0.39, 0.29) is 25.0 Å².